The SMILES string of the molecule is CN(C(=O)/C(=C\c1ccc(-c2ccc(Cl)c(Cl)c2)o1)NC=S)C(C=O)Cc1ccccc1.CNC#N. The van der Waals surface area contributed by atoms with Gasteiger partial charge in [-0.15, -0.1) is 0 Å². The number of halogens is 2. The molecule has 0 aliphatic heterocycles. The fraction of sp³-hybridized carbons (Fsp3) is 0.154. The van der Waals surface area contributed by atoms with Gasteiger partial charge >= 0.3 is 0 Å². The van der Waals surface area contributed by atoms with Crippen molar-refractivity contribution < 1.29 is 14.0 Å². The Morgan fingerprint density at radius 3 is 2.44 bits per heavy atom. The number of amides is 1. The number of carbonyl (C=O) groups excluding carboxylic acids is 2. The van der Waals surface area contributed by atoms with Crippen molar-refractivity contribution in [2.45, 2.75) is 12.5 Å². The van der Waals surface area contributed by atoms with E-state index in [0.29, 0.717) is 28.0 Å². The summed E-state index contributed by atoms with van der Waals surface area (Å²) >= 11 is 16.9. The van der Waals surface area contributed by atoms with E-state index in [4.69, 9.17) is 45.1 Å². The normalized spacial score (nSPS) is 11.2. The zero-order valence-corrected chi connectivity index (χ0v) is 21.9. The van der Waals surface area contributed by atoms with Crippen molar-refractivity contribution in [1.29, 1.82) is 5.26 Å². The summed E-state index contributed by atoms with van der Waals surface area (Å²) in [5.41, 5.74) is 3.11. The minimum Gasteiger partial charge on any atom is -0.457 e. The van der Waals surface area contributed by atoms with Gasteiger partial charge in [-0.25, -0.2) is 0 Å². The summed E-state index contributed by atoms with van der Waals surface area (Å²) in [6.45, 7) is 0. The second kappa shape index (κ2) is 14.7. The van der Waals surface area contributed by atoms with Crippen LogP contribution in [0.1, 0.15) is 11.3 Å². The van der Waals surface area contributed by atoms with E-state index in [1.165, 1.54) is 16.5 Å². The number of nitrogens with one attached hydrogen (secondary N) is 2. The Balaban J connectivity index is 0.00000106. The molecule has 0 bridgehead atoms. The van der Waals surface area contributed by atoms with Crippen molar-refractivity contribution in [3.63, 3.8) is 0 Å². The molecule has 2 N–H and O–H groups in total. The number of benzene rings is 2. The number of aldehydes is 1. The van der Waals surface area contributed by atoms with Crippen molar-refractivity contribution in [3.05, 3.63) is 87.7 Å². The van der Waals surface area contributed by atoms with Crippen LogP contribution in [-0.4, -0.2) is 42.7 Å². The molecular weight excluding hydrogens is 519 g/mol. The van der Waals surface area contributed by atoms with Gasteiger partial charge in [0.25, 0.3) is 5.91 Å². The van der Waals surface area contributed by atoms with Gasteiger partial charge in [0.05, 0.1) is 21.6 Å². The van der Waals surface area contributed by atoms with Gasteiger partial charge in [0.2, 0.25) is 0 Å². The average molecular weight is 543 g/mol. The van der Waals surface area contributed by atoms with Crippen molar-refractivity contribution in [1.82, 2.24) is 15.5 Å². The number of hydrogen-bond acceptors (Lipinski definition) is 6. The molecule has 0 saturated carbocycles. The molecule has 1 amide bonds. The zero-order valence-electron chi connectivity index (χ0n) is 19.6. The first-order valence-corrected chi connectivity index (χ1v) is 11.9. The second-order valence-electron chi connectivity index (χ2n) is 7.32. The smallest absolute Gasteiger partial charge is 0.270 e. The zero-order chi connectivity index (χ0) is 26.5. The Kier molecular flexibility index (Phi) is 11.7. The highest BCUT2D eigenvalue weighted by Crippen LogP contribution is 2.30. The number of rotatable bonds is 9. The summed E-state index contributed by atoms with van der Waals surface area (Å²) in [6, 6.07) is 17.5. The summed E-state index contributed by atoms with van der Waals surface area (Å²) < 4.78 is 5.85. The maximum atomic E-state index is 13.1. The summed E-state index contributed by atoms with van der Waals surface area (Å²) in [5, 5.41) is 13.4. The molecule has 0 aliphatic rings. The standard InChI is InChI=1S/C24H20Cl2N2O3S.C2H4N2/c1-28(18(14-29)11-16-5-3-2-4-6-16)24(30)22(27-15-32)13-19-8-10-23(31-19)17-7-9-20(25)21(26)12-17;1-4-2-3/h2-10,12-15,18H,11H2,1H3,(H,27,32);4H,1H3/b22-13+;. The topological polar surface area (TPSA) is 98.4 Å². The molecule has 3 aromatic rings. The van der Waals surface area contributed by atoms with Crippen LogP contribution >= 0.6 is 35.4 Å². The van der Waals surface area contributed by atoms with Crippen LogP contribution in [0.25, 0.3) is 17.4 Å². The molecule has 1 atom stereocenters. The first-order valence-electron chi connectivity index (χ1n) is 10.6. The van der Waals surface area contributed by atoms with Crippen molar-refractivity contribution in [2.24, 2.45) is 0 Å². The predicted molar refractivity (Wildman–Crippen MR) is 146 cm³/mol. The molecule has 0 aliphatic carbocycles. The van der Waals surface area contributed by atoms with Gasteiger partial charge in [0, 0.05) is 25.7 Å². The molecule has 7 nitrogen and oxygen atoms in total. The quantitative estimate of drug-likeness (QED) is 0.127. The molecule has 10 heteroatoms. The molecule has 1 heterocycles. The minimum atomic E-state index is -0.636. The lowest BCUT2D eigenvalue weighted by Crippen LogP contribution is -2.42. The number of nitrogens with zero attached hydrogens (tertiary/aromatic N) is 2. The van der Waals surface area contributed by atoms with Crippen LogP contribution in [0.4, 0.5) is 0 Å². The number of nitriles is 1. The summed E-state index contributed by atoms with van der Waals surface area (Å²) in [7, 11) is 3.15. The molecule has 0 spiro atoms. The summed E-state index contributed by atoms with van der Waals surface area (Å²) in [6.07, 6.45) is 4.38. The third-order valence-corrected chi connectivity index (χ3v) is 5.79. The third kappa shape index (κ3) is 8.24. The number of likely N-dealkylation sites (N-methyl/N-ethyl adjacent to an activating group) is 1. The Morgan fingerprint density at radius 1 is 1.17 bits per heavy atom. The largest absolute Gasteiger partial charge is 0.457 e. The lowest BCUT2D eigenvalue weighted by atomic mass is 10.1. The monoisotopic (exact) mass is 542 g/mol. The van der Waals surface area contributed by atoms with E-state index >= 15 is 0 Å². The van der Waals surface area contributed by atoms with Gasteiger partial charge in [-0.05, 0) is 42.3 Å². The van der Waals surface area contributed by atoms with Crippen LogP contribution in [-0.2, 0) is 16.0 Å². The highest BCUT2D eigenvalue weighted by atomic mass is 35.5. The lowest BCUT2D eigenvalue weighted by molar-refractivity contribution is -0.131. The van der Waals surface area contributed by atoms with Gasteiger partial charge in [0.1, 0.15) is 23.5 Å². The number of furan rings is 1. The number of hydrogen-bond donors (Lipinski definition) is 2. The molecular formula is C26H24Cl2N4O3S. The van der Waals surface area contributed by atoms with Crippen LogP contribution in [0.3, 0.4) is 0 Å². The molecule has 1 aromatic heterocycles. The number of carbonyl (C=O) groups is 2. The lowest BCUT2D eigenvalue weighted by Gasteiger charge is -2.25. The highest BCUT2D eigenvalue weighted by Gasteiger charge is 2.23. The molecule has 3 rings (SSSR count). The summed E-state index contributed by atoms with van der Waals surface area (Å²) in [4.78, 5) is 26.2. The minimum absolute atomic E-state index is 0.178. The van der Waals surface area contributed by atoms with Crippen molar-refractivity contribution in [3.8, 4) is 17.5 Å². The first kappa shape index (κ1) is 28.6. The van der Waals surface area contributed by atoms with E-state index in [9.17, 15) is 9.59 Å². The van der Waals surface area contributed by atoms with Gasteiger partial charge in [0.15, 0.2) is 6.19 Å². The fourth-order valence-corrected chi connectivity index (χ4v) is 3.50. The van der Waals surface area contributed by atoms with E-state index in [0.717, 1.165) is 17.4 Å². The second-order valence-corrected chi connectivity index (χ2v) is 8.37. The average Bonchev–Trinajstić information content (AvgIpc) is 3.37. The van der Waals surface area contributed by atoms with Crippen LogP contribution in [0, 0.1) is 11.5 Å². The Morgan fingerprint density at radius 2 is 1.86 bits per heavy atom. The van der Waals surface area contributed by atoms with Gasteiger partial charge in [-0.3, -0.25) is 4.79 Å². The molecule has 186 valence electrons. The van der Waals surface area contributed by atoms with Crippen LogP contribution in [0.2, 0.25) is 10.0 Å². The van der Waals surface area contributed by atoms with Gasteiger partial charge in [-0.2, -0.15) is 5.26 Å². The molecule has 1 unspecified atom stereocenters. The van der Waals surface area contributed by atoms with E-state index in [-0.39, 0.29) is 5.70 Å². The molecule has 0 fully saturated rings. The Hall–Kier alpha value is -3.64. The van der Waals surface area contributed by atoms with Gasteiger partial charge in [-0.1, -0.05) is 65.8 Å². The Labute approximate surface area is 225 Å². The maximum Gasteiger partial charge on any atom is 0.270 e. The summed E-state index contributed by atoms with van der Waals surface area (Å²) in [5.74, 6) is 0.594. The fourth-order valence-electron chi connectivity index (χ4n) is 3.08. The van der Waals surface area contributed by atoms with Crippen LogP contribution in [0.5, 0.6) is 0 Å². The molecule has 36 heavy (non-hydrogen) atoms. The third-order valence-electron chi connectivity index (χ3n) is 4.94. The van der Waals surface area contributed by atoms with Crippen molar-refractivity contribution >= 4 is 59.2 Å². The number of thiocarbonyl (C=S) groups is 1. The van der Waals surface area contributed by atoms with Crippen LogP contribution in [0.15, 0.2) is 70.8 Å². The first-order chi connectivity index (χ1) is 17.3. The van der Waals surface area contributed by atoms with E-state index < -0.39 is 11.9 Å². The maximum absolute atomic E-state index is 13.1. The highest BCUT2D eigenvalue weighted by molar-refractivity contribution is 7.78. The Bertz CT molecular complexity index is 1260. The van der Waals surface area contributed by atoms with E-state index in [2.05, 4.69) is 10.6 Å². The van der Waals surface area contributed by atoms with E-state index in [1.807, 2.05) is 30.3 Å². The van der Waals surface area contributed by atoms with Crippen molar-refractivity contribution in [2.75, 3.05) is 14.1 Å². The molecule has 2 aromatic carbocycles. The molecule has 0 radical (unpaired) electrons. The van der Waals surface area contributed by atoms with Crippen LogP contribution < -0.4 is 10.6 Å². The predicted octanol–water partition coefficient (Wildman–Crippen LogP) is 5.10. The van der Waals surface area contributed by atoms with Gasteiger partial charge < -0.3 is 24.7 Å². The van der Waals surface area contributed by atoms with E-state index in [1.54, 1.807) is 50.6 Å². The molecule has 0 saturated heterocycles.